The Morgan fingerprint density at radius 2 is 2.35 bits per heavy atom. The van der Waals surface area contributed by atoms with Crippen LogP contribution in [0.2, 0.25) is 0 Å². The van der Waals surface area contributed by atoms with Crippen LogP contribution in [0.3, 0.4) is 0 Å². The molecule has 1 saturated heterocycles. The monoisotopic (exact) mass is 318 g/mol. The smallest absolute Gasteiger partial charge is 0.320 e. The van der Waals surface area contributed by atoms with Gasteiger partial charge in [0.1, 0.15) is 10.6 Å². The first-order valence-electron chi connectivity index (χ1n) is 5.35. The van der Waals surface area contributed by atoms with Crippen molar-refractivity contribution in [2.75, 3.05) is 5.75 Å². The van der Waals surface area contributed by atoms with Gasteiger partial charge in [0, 0.05) is 0 Å². The number of hydrogen-bond acceptors (Lipinski definition) is 2. The lowest BCUT2D eigenvalue weighted by atomic mass is 9.94. The summed E-state index contributed by atoms with van der Waals surface area (Å²) < 4.78 is 12.8. The predicted octanol–water partition coefficient (Wildman–Crippen LogP) is 3.48. The molecular weight excluding hydrogens is 307 g/mol. The molecule has 1 fully saturated rings. The molecule has 1 unspecified atom stereocenters. The minimum absolute atomic E-state index is 0.322. The normalized spacial score (nSPS) is 23.9. The summed E-state index contributed by atoms with van der Waals surface area (Å²) in [6.45, 7) is 0. The van der Waals surface area contributed by atoms with Crippen LogP contribution in [0.1, 0.15) is 18.4 Å². The van der Waals surface area contributed by atoms with E-state index >= 15 is 0 Å². The van der Waals surface area contributed by atoms with E-state index in [0.29, 0.717) is 17.3 Å². The van der Waals surface area contributed by atoms with Crippen molar-refractivity contribution in [2.45, 2.75) is 24.0 Å². The Morgan fingerprint density at radius 1 is 1.59 bits per heavy atom. The molecular formula is C12H12BrFO2S. The van der Waals surface area contributed by atoms with E-state index in [9.17, 15) is 14.3 Å². The predicted molar refractivity (Wildman–Crippen MR) is 69.9 cm³/mol. The molecule has 0 aromatic heterocycles. The van der Waals surface area contributed by atoms with Crippen molar-refractivity contribution in [1.29, 1.82) is 0 Å². The fourth-order valence-corrected chi connectivity index (χ4v) is 3.85. The second-order valence-corrected chi connectivity index (χ2v) is 6.51. The van der Waals surface area contributed by atoms with Gasteiger partial charge in [-0.25, -0.2) is 4.39 Å². The van der Waals surface area contributed by atoms with Gasteiger partial charge in [0.15, 0.2) is 0 Å². The number of carboxylic acid groups (broad SMARTS) is 1. The van der Waals surface area contributed by atoms with Gasteiger partial charge in [-0.15, -0.1) is 11.8 Å². The van der Waals surface area contributed by atoms with Crippen LogP contribution in [-0.4, -0.2) is 21.6 Å². The highest BCUT2D eigenvalue weighted by Crippen LogP contribution is 2.41. The molecule has 1 N–H and O–H groups in total. The second kappa shape index (κ2) is 4.98. The maximum absolute atomic E-state index is 13.1. The molecule has 1 aliphatic rings. The molecule has 0 spiro atoms. The number of carboxylic acids is 1. The Balaban J connectivity index is 2.23. The molecule has 92 valence electrons. The van der Waals surface area contributed by atoms with Crippen molar-refractivity contribution in [2.24, 2.45) is 0 Å². The highest BCUT2D eigenvalue weighted by Gasteiger charge is 2.42. The summed E-state index contributed by atoms with van der Waals surface area (Å²) in [7, 11) is 0. The summed E-state index contributed by atoms with van der Waals surface area (Å²) in [6.07, 6.45) is 2.06. The quantitative estimate of drug-likeness (QED) is 0.927. The average molecular weight is 319 g/mol. The number of carbonyl (C=O) groups is 1. The van der Waals surface area contributed by atoms with Crippen molar-refractivity contribution in [3.05, 3.63) is 34.1 Å². The third-order valence-electron chi connectivity index (χ3n) is 2.97. The molecule has 0 amide bonds. The van der Waals surface area contributed by atoms with Crippen molar-refractivity contribution >= 4 is 33.7 Å². The van der Waals surface area contributed by atoms with Crippen LogP contribution in [0.4, 0.5) is 4.39 Å². The van der Waals surface area contributed by atoms with E-state index in [1.165, 1.54) is 17.8 Å². The zero-order valence-electron chi connectivity index (χ0n) is 9.08. The number of hydrogen-bond donors (Lipinski definition) is 1. The fraction of sp³-hybridized carbons (Fsp3) is 0.417. The highest BCUT2D eigenvalue weighted by molar-refractivity contribution is 9.10. The molecule has 0 saturated carbocycles. The Morgan fingerprint density at radius 3 is 2.88 bits per heavy atom. The molecule has 1 heterocycles. The average Bonchev–Trinajstić information content (AvgIpc) is 2.73. The van der Waals surface area contributed by atoms with E-state index in [1.54, 1.807) is 12.1 Å². The van der Waals surface area contributed by atoms with E-state index in [0.717, 1.165) is 17.7 Å². The molecule has 2 rings (SSSR count). The van der Waals surface area contributed by atoms with Crippen LogP contribution < -0.4 is 0 Å². The molecule has 1 aliphatic heterocycles. The van der Waals surface area contributed by atoms with Gasteiger partial charge in [-0.3, -0.25) is 4.79 Å². The number of thioether (sulfide) groups is 1. The van der Waals surface area contributed by atoms with Gasteiger partial charge in [-0.1, -0.05) is 6.07 Å². The maximum Gasteiger partial charge on any atom is 0.320 e. The van der Waals surface area contributed by atoms with E-state index in [-0.39, 0.29) is 5.82 Å². The lowest BCUT2D eigenvalue weighted by molar-refractivity contribution is -0.139. The van der Waals surface area contributed by atoms with Crippen LogP contribution in [0.15, 0.2) is 22.7 Å². The zero-order valence-corrected chi connectivity index (χ0v) is 11.5. The summed E-state index contributed by atoms with van der Waals surface area (Å²) >= 11 is 4.62. The van der Waals surface area contributed by atoms with Crippen LogP contribution in [0.5, 0.6) is 0 Å². The van der Waals surface area contributed by atoms with Gasteiger partial charge in [-0.05, 0) is 58.6 Å². The third-order valence-corrected chi connectivity index (χ3v) is 5.14. The fourth-order valence-electron chi connectivity index (χ4n) is 2.06. The summed E-state index contributed by atoms with van der Waals surface area (Å²) in [6, 6.07) is 4.69. The number of benzene rings is 1. The lowest BCUT2D eigenvalue weighted by Gasteiger charge is -2.23. The Labute approximate surface area is 112 Å². The van der Waals surface area contributed by atoms with Gasteiger partial charge < -0.3 is 5.11 Å². The molecule has 0 bridgehead atoms. The van der Waals surface area contributed by atoms with Gasteiger partial charge in [-0.2, -0.15) is 0 Å². The van der Waals surface area contributed by atoms with Crippen molar-refractivity contribution in [1.82, 2.24) is 0 Å². The molecule has 0 aliphatic carbocycles. The third kappa shape index (κ3) is 2.65. The van der Waals surface area contributed by atoms with Crippen molar-refractivity contribution < 1.29 is 14.3 Å². The van der Waals surface area contributed by atoms with Crippen LogP contribution in [0, 0.1) is 5.82 Å². The SMILES string of the molecule is O=C(O)C1(Cc2ccc(F)c(Br)c2)CCCS1. The second-order valence-electron chi connectivity index (χ2n) is 4.18. The largest absolute Gasteiger partial charge is 0.480 e. The first-order chi connectivity index (χ1) is 8.03. The molecule has 1 atom stereocenters. The van der Waals surface area contributed by atoms with Crippen molar-refractivity contribution in [3.8, 4) is 0 Å². The Kier molecular flexibility index (Phi) is 3.78. The summed E-state index contributed by atoms with van der Waals surface area (Å²) in [5, 5.41) is 9.34. The van der Waals surface area contributed by atoms with Crippen molar-refractivity contribution in [3.63, 3.8) is 0 Å². The summed E-state index contributed by atoms with van der Waals surface area (Å²) in [5.41, 5.74) is 0.857. The first kappa shape index (κ1) is 12.9. The lowest BCUT2D eigenvalue weighted by Crippen LogP contribution is -2.34. The minimum atomic E-state index is -0.763. The minimum Gasteiger partial charge on any atom is -0.480 e. The standard InChI is InChI=1S/C12H12BrFO2S/c13-9-6-8(2-3-10(9)14)7-12(11(15)16)4-1-5-17-12/h2-3,6H,1,4-5,7H2,(H,15,16). The van der Waals surface area contributed by atoms with Gasteiger partial charge in [0.25, 0.3) is 0 Å². The van der Waals surface area contributed by atoms with Crippen LogP contribution in [-0.2, 0) is 11.2 Å². The summed E-state index contributed by atoms with van der Waals surface area (Å²) in [4.78, 5) is 11.4. The highest BCUT2D eigenvalue weighted by atomic mass is 79.9. The summed E-state index contributed by atoms with van der Waals surface area (Å²) in [5.74, 6) is -0.202. The van der Waals surface area contributed by atoms with Gasteiger partial charge >= 0.3 is 5.97 Å². The van der Waals surface area contributed by atoms with Gasteiger partial charge in [0.2, 0.25) is 0 Å². The zero-order chi connectivity index (χ0) is 12.5. The molecule has 17 heavy (non-hydrogen) atoms. The van der Waals surface area contributed by atoms with Gasteiger partial charge in [0.05, 0.1) is 4.47 Å². The first-order valence-corrected chi connectivity index (χ1v) is 7.13. The van der Waals surface area contributed by atoms with E-state index in [1.807, 2.05) is 0 Å². The van der Waals surface area contributed by atoms with Crippen LogP contribution in [0.25, 0.3) is 0 Å². The molecule has 5 heteroatoms. The number of aliphatic carboxylic acids is 1. The molecule has 1 aromatic rings. The molecule has 0 radical (unpaired) electrons. The number of halogens is 2. The Bertz CT molecular complexity index is 444. The molecule has 2 nitrogen and oxygen atoms in total. The maximum atomic E-state index is 13.1. The van der Waals surface area contributed by atoms with E-state index in [4.69, 9.17) is 0 Å². The topological polar surface area (TPSA) is 37.3 Å². The van der Waals surface area contributed by atoms with E-state index in [2.05, 4.69) is 15.9 Å². The van der Waals surface area contributed by atoms with E-state index < -0.39 is 10.7 Å². The van der Waals surface area contributed by atoms with Crippen LogP contribution >= 0.6 is 27.7 Å². The Hall–Kier alpha value is -0.550. The number of rotatable bonds is 3. The molecule has 1 aromatic carbocycles.